The first-order valence-electron chi connectivity index (χ1n) is 8.90. The Morgan fingerprint density at radius 3 is 2.00 bits per heavy atom. The number of carbonyl (C=O) groups excluding carboxylic acids is 3. The van der Waals surface area contributed by atoms with Gasteiger partial charge in [-0.25, -0.2) is 0 Å². The number of likely N-dealkylation sites (N-methyl/N-ethyl adjacent to an activating group) is 1. The normalized spacial score (nSPS) is 10.3. The fourth-order valence-corrected chi connectivity index (χ4v) is 2.37. The van der Waals surface area contributed by atoms with E-state index in [2.05, 4.69) is 10.6 Å². The van der Waals surface area contributed by atoms with Crippen LogP contribution in [0.15, 0.2) is 48.5 Å². The lowest BCUT2D eigenvalue weighted by molar-refractivity contribution is -0.119. The van der Waals surface area contributed by atoms with Crippen LogP contribution in [0.4, 0.5) is 11.4 Å². The van der Waals surface area contributed by atoms with Gasteiger partial charge in [-0.15, -0.1) is 0 Å². The van der Waals surface area contributed by atoms with Gasteiger partial charge in [-0.05, 0) is 48.5 Å². The van der Waals surface area contributed by atoms with Crippen molar-refractivity contribution in [1.29, 1.82) is 0 Å². The molecule has 0 saturated carbocycles. The molecular formula is C21H25N3O4. The maximum absolute atomic E-state index is 12.5. The number of carbonyl (C=O) groups is 3. The average Bonchev–Trinajstić information content (AvgIpc) is 2.68. The molecule has 0 aliphatic rings. The molecule has 7 nitrogen and oxygen atoms in total. The number of rotatable bonds is 7. The van der Waals surface area contributed by atoms with Crippen LogP contribution in [0.5, 0.6) is 5.75 Å². The largest absolute Gasteiger partial charge is 0.497 e. The molecule has 2 aromatic carbocycles. The zero-order valence-electron chi connectivity index (χ0n) is 16.5. The van der Waals surface area contributed by atoms with Crippen LogP contribution in [-0.4, -0.2) is 43.3 Å². The number of ether oxygens (including phenoxy) is 1. The molecule has 0 fully saturated rings. The second-order valence-electron chi connectivity index (χ2n) is 6.66. The molecule has 2 rings (SSSR count). The Morgan fingerprint density at radius 1 is 0.929 bits per heavy atom. The maximum Gasteiger partial charge on any atom is 0.254 e. The number of anilines is 2. The zero-order valence-corrected chi connectivity index (χ0v) is 16.5. The van der Waals surface area contributed by atoms with Crippen LogP contribution in [0.25, 0.3) is 0 Å². The van der Waals surface area contributed by atoms with E-state index in [0.717, 1.165) is 0 Å². The van der Waals surface area contributed by atoms with Crippen LogP contribution in [0.3, 0.4) is 0 Å². The van der Waals surface area contributed by atoms with E-state index in [1.807, 2.05) is 0 Å². The summed E-state index contributed by atoms with van der Waals surface area (Å²) in [5, 5.41) is 5.50. The third kappa shape index (κ3) is 5.84. The van der Waals surface area contributed by atoms with Gasteiger partial charge in [-0.3, -0.25) is 14.4 Å². The predicted molar refractivity (Wildman–Crippen MR) is 108 cm³/mol. The molecule has 3 amide bonds. The van der Waals surface area contributed by atoms with Crippen molar-refractivity contribution in [2.24, 2.45) is 5.92 Å². The van der Waals surface area contributed by atoms with Gasteiger partial charge in [0.05, 0.1) is 13.7 Å². The van der Waals surface area contributed by atoms with Gasteiger partial charge in [0.25, 0.3) is 5.91 Å². The minimum absolute atomic E-state index is 0.0866. The van der Waals surface area contributed by atoms with Crippen molar-refractivity contribution < 1.29 is 19.1 Å². The topological polar surface area (TPSA) is 87.7 Å². The third-order valence-electron chi connectivity index (χ3n) is 4.03. The smallest absolute Gasteiger partial charge is 0.254 e. The molecule has 0 spiro atoms. The Hall–Kier alpha value is -3.35. The molecule has 7 heteroatoms. The monoisotopic (exact) mass is 383 g/mol. The number of amides is 3. The fraction of sp³-hybridized carbons (Fsp3) is 0.286. The van der Waals surface area contributed by atoms with Crippen molar-refractivity contribution in [1.82, 2.24) is 4.90 Å². The highest BCUT2D eigenvalue weighted by Crippen LogP contribution is 2.15. The average molecular weight is 383 g/mol. The Morgan fingerprint density at radius 2 is 1.46 bits per heavy atom. The van der Waals surface area contributed by atoms with Gasteiger partial charge in [0.1, 0.15) is 5.75 Å². The van der Waals surface area contributed by atoms with Gasteiger partial charge in [0.2, 0.25) is 11.8 Å². The molecule has 2 aromatic rings. The maximum atomic E-state index is 12.5. The molecular weight excluding hydrogens is 358 g/mol. The minimum atomic E-state index is -0.304. The van der Waals surface area contributed by atoms with Crippen molar-refractivity contribution >= 4 is 29.1 Å². The second-order valence-corrected chi connectivity index (χ2v) is 6.66. The van der Waals surface area contributed by atoms with Crippen molar-refractivity contribution in [3.8, 4) is 5.75 Å². The van der Waals surface area contributed by atoms with Gasteiger partial charge >= 0.3 is 0 Å². The lowest BCUT2D eigenvalue weighted by Crippen LogP contribution is -2.34. The Labute approximate surface area is 164 Å². The van der Waals surface area contributed by atoms with Gasteiger partial charge in [0, 0.05) is 29.9 Å². The van der Waals surface area contributed by atoms with E-state index in [-0.39, 0.29) is 30.2 Å². The standard InChI is InChI=1S/C21H25N3O4/c1-14(2)20(26)23-17-7-5-15(6-8-17)21(27)24(3)13-19(25)22-16-9-11-18(28-4)12-10-16/h5-12,14H,13H2,1-4H3,(H,22,25)(H,23,26). The van der Waals surface area contributed by atoms with Crippen molar-refractivity contribution in [2.75, 3.05) is 31.3 Å². The van der Waals surface area contributed by atoms with E-state index in [4.69, 9.17) is 4.74 Å². The number of nitrogens with zero attached hydrogens (tertiary/aromatic N) is 1. The Balaban J connectivity index is 1.92. The van der Waals surface area contributed by atoms with E-state index < -0.39 is 0 Å². The number of methoxy groups -OCH3 is 1. The number of hydrogen-bond donors (Lipinski definition) is 2. The zero-order chi connectivity index (χ0) is 20.7. The van der Waals surface area contributed by atoms with Gasteiger partial charge in [-0.1, -0.05) is 13.8 Å². The molecule has 0 aromatic heterocycles. The van der Waals surface area contributed by atoms with Crippen molar-refractivity contribution in [2.45, 2.75) is 13.8 Å². The molecule has 0 aliphatic carbocycles. The van der Waals surface area contributed by atoms with E-state index in [9.17, 15) is 14.4 Å². The molecule has 28 heavy (non-hydrogen) atoms. The number of hydrogen-bond acceptors (Lipinski definition) is 4. The molecule has 0 bridgehead atoms. The van der Waals surface area contributed by atoms with Crippen molar-refractivity contribution in [3.05, 3.63) is 54.1 Å². The third-order valence-corrected chi connectivity index (χ3v) is 4.03. The van der Waals surface area contributed by atoms with Crippen LogP contribution in [0, 0.1) is 5.92 Å². The lowest BCUT2D eigenvalue weighted by Gasteiger charge is -2.17. The molecule has 0 saturated heterocycles. The lowest BCUT2D eigenvalue weighted by atomic mass is 10.1. The van der Waals surface area contributed by atoms with Crippen LogP contribution in [0.1, 0.15) is 24.2 Å². The van der Waals surface area contributed by atoms with Gasteiger partial charge < -0.3 is 20.3 Å². The summed E-state index contributed by atoms with van der Waals surface area (Å²) >= 11 is 0. The summed E-state index contributed by atoms with van der Waals surface area (Å²) in [4.78, 5) is 37.7. The molecule has 148 valence electrons. The van der Waals surface area contributed by atoms with E-state index in [1.54, 1.807) is 76.5 Å². The molecule has 2 N–H and O–H groups in total. The highest BCUT2D eigenvalue weighted by molar-refractivity contribution is 5.99. The Bertz CT molecular complexity index is 830. The molecule has 0 radical (unpaired) electrons. The van der Waals surface area contributed by atoms with Crippen LogP contribution < -0.4 is 15.4 Å². The fourth-order valence-electron chi connectivity index (χ4n) is 2.37. The minimum Gasteiger partial charge on any atom is -0.497 e. The predicted octanol–water partition coefficient (Wildman–Crippen LogP) is 3.00. The molecule has 0 aliphatic heterocycles. The van der Waals surface area contributed by atoms with E-state index in [1.165, 1.54) is 4.90 Å². The first-order valence-corrected chi connectivity index (χ1v) is 8.90. The van der Waals surface area contributed by atoms with Crippen LogP contribution >= 0.6 is 0 Å². The quantitative estimate of drug-likeness (QED) is 0.769. The van der Waals surface area contributed by atoms with E-state index in [0.29, 0.717) is 22.7 Å². The van der Waals surface area contributed by atoms with Gasteiger partial charge in [0.15, 0.2) is 0 Å². The summed E-state index contributed by atoms with van der Waals surface area (Å²) in [6.45, 7) is 3.52. The van der Waals surface area contributed by atoms with Crippen LogP contribution in [0.2, 0.25) is 0 Å². The number of nitrogens with one attached hydrogen (secondary N) is 2. The second kappa shape index (κ2) is 9.55. The highest BCUT2D eigenvalue weighted by atomic mass is 16.5. The highest BCUT2D eigenvalue weighted by Gasteiger charge is 2.15. The summed E-state index contributed by atoms with van der Waals surface area (Å²) in [7, 11) is 3.13. The van der Waals surface area contributed by atoms with E-state index >= 15 is 0 Å². The summed E-state index contributed by atoms with van der Waals surface area (Å²) in [5.74, 6) is -0.116. The molecule has 0 unspecified atom stereocenters. The molecule has 0 heterocycles. The van der Waals surface area contributed by atoms with Crippen molar-refractivity contribution in [3.63, 3.8) is 0 Å². The first-order chi connectivity index (χ1) is 13.3. The summed E-state index contributed by atoms with van der Waals surface area (Å²) < 4.78 is 5.07. The summed E-state index contributed by atoms with van der Waals surface area (Å²) in [6, 6.07) is 13.5. The van der Waals surface area contributed by atoms with Gasteiger partial charge in [-0.2, -0.15) is 0 Å². The Kier molecular flexibility index (Phi) is 7.14. The first kappa shape index (κ1) is 21.0. The number of benzene rings is 2. The molecule has 0 atom stereocenters. The summed E-state index contributed by atoms with van der Waals surface area (Å²) in [5.41, 5.74) is 1.68. The summed E-state index contributed by atoms with van der Waals surface area (Å²) in [6.07, 6.45) is 0. The SMILES string of the molecule is COc1ccc(NC(=O)CN(C)C(=O)c2ccc(NC(=O)C(C)C)cc2)cc1. The van der Waals surface area contributed by atoms with Crippen LogP contribution in [-0.2, 0) is 9.59 Å².